The number of anilines is 8. The summed E-state index contributed by atoms with van der Waals surface area (Å²) in [5.74, 6) is 0.481. The van der Waals surface area contributed by atoms with Crippen molar-refractivity contribution in [3.8, 4) is 0 Å². The van der Waals surface area contributed by atoms with Gasteiger partial charge in [-0.2, -0.15) is 0 Å². The zero-order chi connectivity index (χ0) is 89.0. The Balaban J connectivity index is 0.000000175. The van der Waals surface area contributed by atoms with Crippen LogP contribution in [-0.4, -0.2) is 43.6 Å². The molecule has 128 heavy (non-hydrogen) atoms. The number of carbonyl (C=O) groups is 2. The monoisotopic (exact) mass is 1930 g/mol. The Kier molecular flexibility index (Phi) is 40.3. The quantitative estimate of drug-likeness (QED) is 0.0657. The Morgan fingerprint density at radius 2 is 0.656 bits per heavy atom. The fourth-order valence-electron chi connectivity index (χ4n) is 15.3. The summed E-state index contributed by atoms with van der Waals surface area (Å²) in [4.78, 5) is 25.6. The van der Waals surface area contributed by atoms with Crippen molar-refractivity contribution in [1.82, 2.24) is 0 Å². The number of fused-ring (bicyclic) bond motifs is 3. The van der Waals surface area contributed by atoms with E-state index in [1.54, 1.807) is 31.9 Å². The molecule has 0 atom stereocenters. The van der Waals surface area contributed by atoms with E-state index < -0.39 is 13.2 Å². The normalized spacial score (nSPS) is 13.5. The summed E-state index contributed by atoms with van der Waals surface area (Å²) in [5.41, 5.74) is 20.8. The number of allylic oxidation sites excluding steroid dienone is 4. The number of nitrogens with one attached hydrogen (secondary N) is 1. The van der Waals surface area contributed by atoms with E-state index in [-0.39, 0.29) is 63.0 Å². The number of rotatable bonds is 18. The van der Waals surface area contributed by atoms with Crippen molar-refractivity contribution < 1.29 is 84.4 Å². The molecule has 1 saturated heterocycles. The van der Waals surface area contributed by atoms with Crippen molar-refractivity contribution >= 4 is 169 Å². The Bertz CT molecular complexity index is 5670. The van der Waals surface area contributed by atoms with Gasteiger partial charge in [-0.3, -0.25) is 14.2 Å². The molecule has 0 amide bonds. The molecule has 0 bridgehead atoms. The van der Waals surface area contributed by atoms with Crippen LogP contribution in [0.5, 0.6) is 0 Å². The van der Waals surface area contributed by atoms with Gasteiger partial charge in [-0.1, -0.05) is 340 Å². The predicted molar refractivity (Wildman–Crippen MR) is 545 cm³/mol. The van der Waals surface area contributed by atoms with Crippen molar-refractivity contribution in [2.24, 2.45) is 0 Å². The summed E-state index contributed by atoms with van der Waals surface area (Å²) < 4.78 is 30.9. The van der Waals surface area contributed by atoms with E-state index in [0.29, 0.717) is 45.1 Å². The fraction of sp³-hybridized carbons (Fsp3) is 0.221. The van der Waals surface area contributed by atoms with Gasteiger partial charge in [0, 0.05) is 103 Å². The standard InChI is InChI=1S/C52H42N2.C20H18Br2.C16H13N.C11H16BrO3P.C6H8O2.C4H8O.C4H9O.K/c1-3-17-45(18-4-1)53(51-23-11-15-43-13-7-9-21-49(43)51)47-33-29-41(30-34-47)37-39-25-27-40(28-26-39)38-42-31-35-48(36-32-42)54(46-19-5-2-6-20-46)52-24-12-16-44-14-8-10-22-50(44)52;21-19-9-5-17(6-10-19)13-15-1-2-16(4-3-15)14-18-7-11-20(22)12-8-18;1-2-9-14(10-3-1)17-16-12-6-8-13-7-4-5-11-15(13)16;1-3-14-16(13,15-4-2)9-10-5-7-11(12)8-6-10;7-5-1-2-6(8)4-3-5;1-2-4-5-3-1;1-4(2,3)5;/h1-24,29-38H,25-28H2;5-14H,1-4H2;1-12,17H;5-8H,3-4,9H2,1-2H3;1-4H2;1-4H2;1-3H3;/q;;;;;;-1;+1. The van der Waals surface area contributed by atoms with Crippen LogP contribution in [0.25, 0.3) is 56.6 Å². The molecular formula is C113H114Br3KN3O7P. The average Bonchev–Trinajstić information content (AvgIpc) is 0.856. The molecule has 1 N–H and O–H groups in total. The molecular weight excluding hydrogens is 1820 g/mol. The van der Waals surface area contributed by atoms with Crippen molar-refractivity contribution in [3.63, 3.8) is 0 Å². The maximum Gasteiger partial charge on any atom is 1.00 e. The zero-order valence-electron chi connectivity index (χ0n) is 74.4. The molecule has 3 aliphatic carbocycles. The molecule has 1 aliphatic heterocycles. The van der Waals surface area contributed by atoms with Crippen molar-refractivity contribution in [1.29, 1.82) is 0 Å². The van der Waals surface area contributed by atoms with Gasteiger partial charge in [-0.25, -0.2) is 0 Å². The summed E-state index contributed by atoms with van der Waals surface area (Å²) in [6, 6.07) is 120. The molecule has 3 saturated carbocycles. The Hall–Kier alpha value is -9.29. The molecule has 14 aromatic rings. The number of para-hydroxylation sites is 3. The van der Waals surface area contributed by atoms with E-state index in [1.807, 2.05) is 56.3 Å². The van der Waals surface area contributed by atoms with Crippen molar-refractivity contribution in [2.75, 3.05) is 41.5 Å². The van der Waals surface area contributed by atoms with E-state index >= 15 is 0 Å². The fourth-order valence-corrected chi connectivity index (χ4v) is 17.8. The Morgan fingerprint density at radius 1 is 0.367 bits per heavy atom. The molecule has 14 aromatic carbocycles. The van der Waals surface area contributed by atoms with Crippen LogP contribution in [0.3, 0.4) is 0 Å². The zero-order valence-corrected chi connectivity index (χ0v) is 83.2. The Morgan fingerprint density at radius 3 is 1.00 bits per heavy atom. The number of hydrogen-bond donors (Lipinski definition) is 1. The van der Waals surface area contributed by atoms with Crippen LogP contribution in [-0.2, 0) is 34.1 Å². The molecule has 15 heteroatoms. The minimum atomic E-state index is -2.97. The molecule has 10 nitrogen and oxygen atoms in total. The molecule has 0 aromatic heterocycles. The minimum absolute atomic E-state index is 0. The summed E-state index contributed by atoms with van der Waals surface area (Å²) in [5, 5.41) is 21.0. The summed E-state index contributed by atoms with van der Waals surface area (Å²) in [6.07, 6.45) is 23.4. The third kappa shape index (κ3) is 32.4. The second kappa shape index (κ2) is 51.9. The maximum absolute atomic E-state index is 12.2. The number of ketones is 2. The van der Waals surface area contributed by atoms with Crippen LogP contribution in [0.2, 0.25) is 0 Å². The molecule has 650 valence electrons. The van der Waals surface area contributed by atoms with Gasteiger partial charge in [-0.05, 0) is 237 Å². The molecule has 0 spiro atoms. The van der Waals surface area contributed by atoms with Crippen molar-refractivity contribution in [2.45, 2.75) is 136 Å². The summed E-state index contributed by atoms with van der Waals surface area (Å²) >= 11 is 10.3. The summed E-state index contributed by atoms with van der Waals surface area (Å²) in [7, 11) is -2.97. The van der Waals surface area contributed by atoms with Crippen LogP contribution in [0.1, 0.15) is 152 Å². The first-order valence-corrected chi connectivity index (χ1v) is 48.3. The van der Waals surface area contributed by atoms with Gasteiger partial charge >= 0.3 is 59.0 Å². The third-order valence-electron chi connectivity index (χ3n) is 21.6. The molecule has 0 radical (unpaired) electrons. The number of carbonyl (C=O) groups excluding carboxylic acids is 2. The van der Waals surface area contributed by atoms with Gasteiger partial charge in [0.05, 0.1) is 30.8 Å². The van der Waals surface area contributed by atoms with E-state index in [0.717, 1.165) is 92.0 Å². The second-order valence-electron chi connectivity index (χ2n) is 32.6. The largest absolute Gasteiger partial charge is 1.00 e. The van der Waals surface area contributed by atoms with Crippen LogP contribution < -0.4 is 71.6 Å². The first-order chi connectivity index (χ1) is 61.8. The van der Waals surface area contributed by atoms with Gasteiger partial charge in [-0.15, -0.1) is 5.60 Å². The molecule has 4 aliphatic rings. The number of nitrogens with zero attached hydrogens (tertiary/aromatic N) is 2. The van der Waals surface area contributed by atoms with Gasteiger partial charge < -0.3 is 34.0 Å². The molecule has 18 rings (SSSR count). The topological polar surface area (TPSA) is 120 Å². The first kappa shape index (κ1) is 99.3. The van der Waals surface area contributed by atoms with Gasteiger partial charge in [0.15, 0.2) is 0 Å². The molecule has 0 unspecified atom stereocenters. The number of benzene rings is 14. The molecule has 1 heterocycles. The second-order valence-corrected chi connectivity index (χ2v) is 37.4. The molecule has 4 fully saturated rings. The first-order valence-electron chi connectivity index (χ1n) is 44.2. The number of halogens is 3. The van der Waals surface area contributed by atoms with E-state index in [1.165, 1.54) is 116 Å². The smallest absolute Gasteiger partial charge is 0.850 e. The minimum Gasteiger partial charge on any atom is -0.850 e. The maximum atomic E-state index is 12.2. The predicted octanol–water partition coefficient (Wildman–Crippen LogP) is 29.7. The van der Waals surface area contributed by atoms with Gasteiger partial charge in [0.25, 0.3) is 0 Å². The van der Waals surface area contributed by atoms with Crippen LogP contribution in [0.4, 0.5) is 45.5 Å². The van der Waals surface area contributed by atoms with Gasteiger partial charge in [0.1, 0.15) is 11.6 Å². The third-order valence-corrected chi connectivity index (χ3v) is 25.3. The van der Waals surface area contributed by atoms with Crippen LogP contribution >= 0.6 is 55.4 Å². The number of Topliss-reactive ketones (excluding diaryl/α,β-unsaturated/α-hetero) is 2. The van der Waals surface area contributed by atoms with E-state index in [9.17, 15) is 19.3 Å². The average molecular weight is 1940 g/mol. The van der Waals surface area contributed by atoms with Gasteiger partial charge in [0.2, 0.25) is 0 Å². The number of hydrogen-bond acceptors (Lipinski definition) is 10. The van der Waals surface area contributed by atoms with Crippen LogP contribution in [0.15, 0.2) is 375 Å². The van der Waals surface area contributed by atoms with Crippen molar-refractivity contribution in [3.05, 3.63) is 403 Å². The summed E-state index contributed by atoms with van der Waals surface area (Å²) in [6.45, 7) is 11.3. The Labute approximate surface area is 826 Å². The van der Waals surface area contributed by atoms with E-state index in [4.69, 9.17) is 13.8 Å². The number of ether oxygens (including phenoxy) is 1. The SMILES string of the molecule is Brc1ccc(C=C2CCC(=Cc3ccc(Br)cc3)CC2)cc1.C(=C1CCC(=Cc2ccc(N(c3ccccc3)c3cccc4ccccc34)cc2)CC1)c1ccc(N(c2ccccc2)c2cccc3ccccc23)cc1.C1CCOC1.CC(C)(C)[O-].CCOP(=O)(Cc1ccc(Br)cc1)OCC.O=C1CCC(=O)CC1.[K+].c1ccc(Nc2cccc3ccccc23)cc1. The van der Waals surface area contributed by atoms with E-state index in [2.05, 4.69) is 384 Å². The van der Waals surface area contributed by atoms with Crippen LogP contribution in [0, 0.1) is 0 Å².